The number of alkyl halides is 1. The van der Waals surface area contributed by atoms with Gasteiger partial charge in [0.05, 0.1) is 11.7 Å². The van der Waals surface area contributed by atoms with Gasteiger partial charge in [-0.2, -0.15) is 0 Å². The summed E-state index contributed by atoms with van der Waals surface area (Å²) in [4.78, 5) is 2.52. The number of morpholine rings is 1. The minimum atomic E-state index is -0.0823. The maximum atomic E-state index is 5.99. The van der Waals surface area contributed by atoms with Gasteiger partial charge in [-0.3, -0.25) is 4.90 Å². The van der Waals surface area contributed by atoms with Crippen molar-refractivity contribution in [1.29, 1.82) is 0 Å². The maximum absolute atomic E-state index is 5.99. The van der Waals surface area contributed by atoms with Crippen LogP contribution in [0.15, 0.2) is 24.3 Å². The highest BCUT2D eigenvalue weighted by molar-refractivity contribution is 6.18. The Morgan fingerprint density at radius 2 is 2.16 bits per heavy atom. The summed E-state index contributed by atoms with van der Waals surface area (Å²) in [6, 6.07) is 8.80. The average Bonchev–Trinajstić information content (AvgIpc) is 2.34. The first-order chi connectivity index (χ1) is 9.07. The quantitative estimate of drug-likeness (QED) is 0.789. The Morgan fingerprint density at radius 1 is 1.37 bits per heavy atom. The van der Waals surface area contributed by atoms with E-state index in [1.165, 1.54) is 17.5 Å². The molecule has 0 N–H and O–H groups in total. The summed E-state index contributed by atoms with van der Waals surface area (Å²) in [5.74, 6) is 1.28. The molecule has 2 unspecified atom stereocenters. The van der Waals surface area contributed by atoms with E-state index in [0.29, 0.717) is 11.8 Å². The molecule has 104 valence electrons. The van der Waals surface area contributed by atoms with E-state index >= 15 is 0 Å². The molecule has 0 bridgehead atoms. The van der Waals surface area contributed by atoms with Gasteiger partial charge in [0, 0.05) is 31.4 Å². The van der Waals surface area contributed by atoms with Crippen molar-refractivity contribution in [3.05, 3.63) is 35.4 Å². The lowest BCUT2D eigenvalue weighted by Gasteiger charge is -2.44. The van der Waals surface area contributed by atoms with E-state index in [1.807, 2.05) is 0 Å². The van der Waals surface area contributed by atoms with E-state index in [4.69, 9.17) is 16.3 Å². The fourth-order valence-electron chi connectivity index (χ4n) is 3.47. The molecule has 2 aliphatic rings. The van der Waals surface area contributed by atoms with Gasteiger partial charge in [-0.1, -0.05) is 24.3 Å². The summed E-state index contributed by atoms with van der Waals surface area (Å²) >= 11 is 5.99. The van der Waals surface area contributed by atoms with E-state index < -0.39 is 0 Å². The van der Waals surface area contributed by atoms with Crippen molar-refractivity contribution in [2.75, 3.05) is 25.5 Å². The van der Waals surface area contributed by atoms with Crippen LogP contribution in [0.4, 0.5) is 0 Å². The zero-order valence-electron chi connectivity index (χ0n) is 11.7. The maximum Gasteiger partial charge on any atom is 0.0844 e. The molecule has 1 aromatic carbocycles. The second-order valence-corrected chi connectivity index (χ2v) is 6.76. The van der Waals surface area contributed by atoms with Crippen LogP contribution in [-0.4, -0.2) is 42.1 Å². The van der Waals surface area contributed by atoms with Gasteiger partial charge in [0.2, 0.25) is 0 Å². The molecule has 0 saturated carbocycles. The molecule has 1 aromatic rings. The summed E-state index contributed by atoms with van der Waals surface area (Å²) in [7, 11) is 0. The van der Waals surface area contributed by atoms with Crippen LogP contribution in [-0.2, 0) is 11.2 Å². The van der Waals surface area contributed by atoms with Crippen molar-refractivity contribution in [1.82, 2.24) is 4.90 Å². The third-order valence-corrected chi connectivity index (χ3v) is 4.51. The molecule has 0 radical (unpaired) electrons. The van der Waals surface area contributed by atoms with Gasteiger partial charge in [-0.05, 0) is 31.4 Å². The van der Waals surface area contributed by atoms with Crippen molar-refractivity contribution in [3.8, 4) is 0 Å². The lowest BCUT2D eigenvalue weighted by molar-refractivity contribution is -0.128. The topological polar surface area (TPSA) is 12.5 Å². The highest BCUT2D eigenvalue weighted by Crippen LogP contribution is 2.36. The van der Waals surface area contributed by atoms with E-state index in [0.717, 1.165) is 19.6 Å². The molecule has 1 heterocycles. The molecular weight excluding hydrogens is 258 g/mol. The fourth-order valence-corrected chi connectivity index (χ4v) is 3.63. The Bertz CT molecular complexity index is 460. The first-order valence-corrected chi connectivity index (χ1v) is 7.65. The van der Waals surface area contributed by atoms with E-state index in [9.17, 15) is 0 Å². The first-order valence-electron chi connectivity index (χ1n) is 7.11. The zero-order chi connectivity index (χ0) is 13.5. The van der Waals surface area contributed by atoms with Crippen LogP contribution < -0.4 is 0 Å². The zero-order valence-corrected chi connectivity index (χ0v) is 12.5. The second kappa shape index (κ2) is 5.08. The van der Waals surface area contributed by atoms with Crippen molar-refractivity contribution in [3.63, 3.8) is 0 Å². The summed E-state index contributed by atoms with van der Waals surface area (Å²) < 4.78 is 5.98. The molecule has 2 atom stereocenters. The van der Waals surface area contributed by atoms with Crippen LogP contribution in [0.25, 0.3) is 0 Å². The van der Waals surface area contributed by atoms with Gasteiger partial charge in [-0.25, -0.2) is 0 Å². The van der Waals surface area contributed by atoms with Crippen LogP contribution in [0.5, 0.6) is 0 Å². The number of hydrogen-bond acceptors (Lipinski definition) is 2. The molecule has 0 spiro atoms. The third kappa shape index (κ3) is 2.81. The fraction of sp³-hybridized carbons (Fsp3) is 0.625. The highest BCUT2D eigenvalue weighted by atomic mass is 35.5. The smallest absolute Gasteiger partial charge is 0.0844 e. The number of rotatable bonds is 3. The molecule has 1 fully saturated rings. The van der Waals surface area contributed by atoms with Crippen LogP contribution in [0.1, 0.15) is 30.9 Å². The molecular formula is C16H22ClNO. The standard InChI is InChI=1S/C16H22ClNO/c1-16(2)11-18(10-14(8-17)19-16)9-13-7-12-5-3-4-6-15(12)13/h3-6,13-14H,7-11H2,1-2H3. The van der Waals surface area contributed by atoms with Crippen molar-refractivity contribution >= 4 is 11.6 Å². The molecule has 3 rings (SSSR count). The lowest BCUT2D eigenvalue weighted by atomic mass is 9.77. The summed E-state index contributed by atoms with van der Waals surface area (Å²) in [6.07, 6.45) is 1.39. The highest BCUT2D eigenvalue weighted by Gasteiger charge is 2.35. The van der Waals surface area contributed by atoms with Crippen LogP contribution in [0, 0.1) is 0 Å². The Labute approximate surface area is 120 Å². The summed E-state index contributed by atoms with van der Waals surface area (Å²) in [6.45, 7) is 7.42. The van der Waals surface area contributed by atoms with Gasteiger partial charge in [0.1, 0.15) is 0 Å². The molecule has 0 amide bonds. The van der Waals surface area contributed by atoms with Gasteiger partial charge in [0.25, 0.3) is 0 Å². The van der Waals surface area contributed by atoms with Gasteiger partial charge < -0.3 is 4.74 Å². The van der Waals surface area contributed by atoms with Crippen LogP contribution in [0.3, 0.4) is 0 Å². The minimum Gasteiger partial charge on any atom is -0.368 e. The molecule has 1 aliphatic carbocycles. The van der Waals surface area contributed by atoms with Crippen molar-refractivity contribution < 1.29 is 4.74 Å². The third-order valence-electron chi connectivity index (χ3n) is 4.16. The van der Waals surface area contributed by atoms with Crippen molar-refractivity contribution in [2.24, 2.45) is 0 Å². The Hall–Kier alpha value is -0.570. The van der Waals surface area contributed by atoms with Gasteiger partial charge >= 0.3 is 0 Å². The van der Waals surface area contributed by atoms with Crippen LogP contribution >= 0.6 is 11.6 Å². The van der Waals surface area contributed by atoms with Crippen molar-refractivity contribution in [2.45, 2.75) is 37.9 Å². The van der Waals surface area contributed by atoms with Gasteiger partial charge in [0.15, 0.2) is 0 Å². The first kappa shape index (κ1) is 13.4. The summed E-state index contributed by atoms with van der Waals surface area (Å²) in [5.41, 5.74) is 2.98. The second-order valence-electron chi connectivity index (χ2n) is 6.45. The van der Waals surface area contributed by atoms with E-state index in [1.54, 1.807) is 0 Å². The minimum absolute atomic E-state index is 0.0823. The Morgan fingerprint density at radius 3 is 2.89 bits per heavy atom. The number of ether oxygens (including phenoxy) is 1. The number of benzene rings is 1. The number of halogens is 1. The molecule has 3 heteroatoms. The number of nitrogens with zero attached hydrogens (tertiary/aromatic N) is 1. The lowest BCUT2D eigenvalue weighted by Crippen LogP contribution is -2.54. The number of hydrogen-bond donors (Lipinski definition) is 0. The molecule has 0 aromatic heterocycles. The predicted octanol–water partition coefficient (Wildman–Crippen LogP) is 3.04. The average molecular weight is 280 g/mol. The van der Waals surface area contributed by atoms with Crippen LogP contribution in [0.2, 0.25) is 0 Å². The molecule has 1 saturated heterocycles. The van der Waals surface area contributed by atoms with E-state index in [-0.39, 0.29) is 11.7 Å². The normalized spacial score (nSPS) is 29.6. The van der Waals surface area contributed by atoms with E-state index in [2.05, 4.69) is 43.0 Å². The monoisotopic (exact) mass is 279 g/mol. The SMILES string of the molecule is CC1(C)CN(CC2Cc3ccccc32)CC(CCl)O1. The Balaban J connectivity index is 1.65. The molecule has 1 aliphatic heterocycles. The molecule has 19 heavy (non-hydrogen) atoms. The predicted molar refractivity (Wildman–Crippen MR) is 79.0 cm³/mol. The summed E-state index contributed by atoms with van der Waals surface area (Å²) in [5, 5.41) is 0. The Kier molecular flexibility index (Phi) is 3.59. The van der Waals surface area contributed by atoms with Gasteiger partial charge in [-0.15, -0.1) is 11.6 Å². The molecule has 2 nitrogen and oxygen atoms in total. The number of fused-ring (bicyclic) bond motifs is 1. The largest absolute Gasteiger partial charge is 0.368 e.